The monoisotopic (exact) mass is 346 g/mol. The number of fused-ring (bicyclic) bond motifs is 1. The molecule has 0 saturated carbocycles. The van der Waals surface area contributed by atoms with E-state index >= 15 is 0 Å². The van der Waals surface area contributed by atoms with Crippen LogP contribution in [-0.4, -0.2) is 32.6 Å². The van der Waals surface area contributed by atoms with Crippen molar-refractivity contribution in [1.29, 1.82) is 0 Å². The fourth-order valence-corrected chi connectivity index (χ4v) is 2.66. The van der Waals surface area contributed by atoms with Crippen LogP contribution in [0, 0.1) is 6.92 Å². The van der Waals surface area contributed by atoms with Crippen molar-refractivity contribution in [3.8, 4) is 0 Å². The van der Waals surface area contributed by atoms with Gasteiger partial charge in [0.1, 0.15) is 5.52 Å². The molecule has 4 N–H and O–H groups in total. The Morgan fingerprint density at radius 1 is 1.42 bits per heavy atom. The number of benzene rings is 1. The highest BCUT2D eigenvalue weighted by atomic mass is 35.5. The maximum absolute atomic E-state index is 12.3. The van der Waals surface area contributed by atoms with Crippen LogP contribution in [-0.2, 0) is 6.54 Å². The smallest absolute Gasteiger partial charge is 0.328 e. The summed E-state index contributed by atoms with van der Waals surface area (Å²) in [5, 5.41) is 3.75. The molecule has 0 saturated heterocycles. The predicted octanol–water partition coefficient (Wildman–Crippen LogP) is 1.89. The van der Waals surface area contributed by atoms with E-state index in [4.69, 9.17) is 17.3 Å². The summed E-state index contributed by atoms with van der Waals surface area (Å²) in [7, 11) is 0. The number of aromatic amines is 1. The van der Waals surface area contributed by atoms with E-state index in [1.807, 2.05) is 25.1 Å². The Bertz CT molecular complexity index is 917. The van der Waals surface area contributed by atoms with Gasteiger partial charge in [0, 0.05) is 11.6 Å². The lowest BCUT2D eigenvalue weighted by atomic mass is 10.1. The second-order valence-corrected chi connectivity index (χ2v) is 6.02. The van der Waals surface area contributed by atoms with Crippen LogP contribution in [0.15, 0.2) is 29.2 Å². The lowest BCUT2D eigenvalue weighted by Gasteiger charge is -2.08. The van der Waals surface area contributed by atoms with Gasteiger partial charge in [-0.15, -0.1) is 0 Å². The standard InChI is InChI=1S/C16H19ClN6O/c1-10-3-4-12(17)7-11(10)9-23-14-13(21-16(23)24)8-20-15(22-14)19-6-2-5-18/h3-4,7-8H,2,5-6,9,18H2,1H3,(H,21,24)(H,19,20,22). The van der Waals surface area contributed by atoms with Crippen LogP contribution in [0.2, 0.25) is 5.02 Å². The van der Waals surface area contributed by atoms with Gasteiger partial charge in [0.2, 0.25) is 5.95 Å². The number of nitrogens with one attached hydrogen (secondary N) is 2. The molecule has 0 aliphatic rings. The number of nitrogens with two attached hydrogens (primary N) is 1. The summed E-state index contributed by atoms with van der Waals surface area (Å²) >= 11 is 6.07. The summed E-state index contributed by atoms with van der Waals surface area (Å²) in [5.74, 6) is 0.478. The Morgan fingerprint density at radius 2 is 2.25 bits per heavy atom. The molecule has 0 unspecified atom stereocenters. The van der Waals surface area contributed by atoms with Crippen LogP contribution in [0.1, 0.15) is 17.5 Å². The van der Waals surface area contributed by atoms with Gasteiger partial charge in [0.05, 0.1) is 12.7 Å². The second kappa shape index (κ2) is 7.02. The molecule has 7 nitrogen and oxygen atoms in total. The number of aryl methyl sites for hydroxylation is 1. The molecule has 1 aromatic carbocycles. The van der Waals surface area contributed by atoms with Gasteiger partial charge in [0.25, 0.3) is 0 Å². The number of nitrogens with zero attached hydrogens (tertiary/aromatic N) is 3. The van der Waals surface area contributed by atoms with E-state index in [0.29, 0.717) is 41.8 Å². The molecule has 126 valence electrons. The molecule has 3 rings (SSSR count). The third kappa shape index (κ3) is 3.42. The second-order valence-electron chi connectivity index (χ2n) is 5.59. The molecule has 0 aliphatic carbocycles. The number of halogens is 1. The molecule has 0 radical (unpaired) electrons. The Balaban J connectivity index is 1.97. The molecule has 8 heteroatoms. The maximum atomic E-state index is 12.3. The van der Waals surface area contributed by atoms with E-state index in [1.165, 1.54) is 0 Å². The van der Waals surface area contributed by atoms with Gasteiger partial charge in [0.15, 0.2) is 5.65 Å². The van der Waals surface area contributed by atoms with E-state index in [2.05, 4.69) is 20.3 Å². The quantitative estimate of drug-likeness (QED) is 0.591. The molecule has 0 fully saturated rings. The molecular weight excluding hydrogens is 328 g/mol. The molecule has 0 atom stereocenters. The van der Waals surface area contributed by atoms with Crippen molar-refractivity contribution in [1.82, 2.24) is 19.5 Å². The fraction of sp³-hybridized carbons (Fsp3) is 0.312. The average Bonchev–Trinajstić information content (AvgIpc) is 2.87. The number of hydrogen-bond donors (Lipinski definition) is 3. The van der Waals surface area contributed by atoms with E-state index in [-0.39, 0.29) is 5.69 Å². The largest absolute Gasteiger partial charge is 0.354 e. The lowest BCUT2D eigenvalue weighted by molar-refractivity contribution is 0.772. The Kier molecular flexibility index (Phi) is 4.82. The first-order chi connectivity index (χ1) is 11.6. The predicted molar refractivity (Wildman–Crippen MR) is 95.6 cm³/mol. The minimum Gasteiger partial charge on any atom is -0.354 e. The van der Waals surface area contributed by atoms with E-state index < -0.39 is 0 Å². The van der Waals surface area contributed by atoms with E-state index in [0.717, 1.165) is 17.5 Å². The number of H-pyrrole nitrogens is 1. The van der Waals surface area contributed by atoms with Crippen molar-refractivity contribution in [2.24, 2.45) is 5.73 Å². The van der Waals surface area contributed by atoms with Crippen molar-refractivity contribution in [2.75, 3.05) is 18.4 Å². The summed E-state index contributed by atoms with van der Waals surface area (Å²) in [6.45, 7) is 3.66. The first-order valence-corrected chi connectivity index (χ1v) is 8.11. The molecule has 0 bridgehead atoms. The third-order valence-corrected chi connectivity index (χ3v) is 4.05. The van der Waals surface area contributed by atoms with Crippen molar-refractivity contribution in [2.45, 2.75) is 19.9 Å². The number of anilines is 1. The molecule has 0 aliphatic heterocycles. The van der Waals surface area contributed by atoms with Gasteiger partial charge in [-0.2, -0.15) is 4.98 Å². The van der Waals surface area contributed by atoms with Crippen LogP contribution in [0.5, 0.6) is 0 Å². The molecule has 2 aromatic heterocycles. The van der Waals surface area contributed by atoms with Crippen LogP contribution >= 0.6 is 11.6 Å². The topological polar surface area (TPSA) is 102 Å². The van der Waals surface area contributed by atoms with Gasteiger partial charge >= 0.3 is 5.69 Å². The van der Waals surface area contributed by atoms with Crippen LogP contribution in [0.4, 0.5) is 5.95 Å². The Hall–Kier alpha value is -2.38. The van der Waals surface area contributed by atoms with Crippen LogP contribution in [0.25, 0.3) is 11.2 Å². The van der Waals surface area contributed by atoms with Crippen LogP contribution in [0.3, 0.4) is 0 Å². The molecule has 2 heterocycles. The zero-order chi connectivity index (χ0) is 17.1. The minimum atomic E-state index is -0.224. The van der Waals surface area contributed by atoms with E-state index in [1.54, 1.807) is 10.8 Å². The van der Waals surface area contributed by atoms with Crippen LogP contribution < -0.4 is 16.7 Å². The number of hydrogen-bond acceptors (Lipinski definition) is 5. The van der Waals surface area contributed by atoms with E-state index in [9.17, 15) is 4.79 Å². The highest BCUT2D eigenvalue weighted by molar-refractivity contribution is 6.30. The van der Waals surface area contributed by atoms with Gasteiger partial charge in [-0.25, -0.2) is 9.78 Å². The Labute approximate surface area is 143 Å². The molecule has 0 spiro atoms. The SMILES string of the molecule is Cc1ccc(Cl)cc1Cn1c(=O)[nH]c2cnc(NCCCN)nc21. The zero-order valence-corrected chi connectivity index (χ0v) is 14.1. The lowest BCUT2D eigenvalue weighted by Crippen LogP contribution is -2.18. The minimum absolute atomic E-state index is 0.224. The zero-order valence-electron chi connectivity index (χ0n) is 13.3. The highest BCUT2D eigenvalue weighted by Gasteiger charge is 2.11. The fourth-order valence-electron chi connectivity index (χ4n) is 2.46. The molecular formula is C16H19ClN6O. The van der Waals surface area contributed by atoms with Gasteiger partial charge in [-0.3, -0.25) is 4.57 Å². The summed E-state index contributed by atoms with van der Waals surface area (Å²) in [6, 6.07) is 5.64. The summed E-state index contributed by atoms with van der Waals surface area (Å²) in [5.41, 5.74) is 8.46. The van der Waals surface area contributed by atoms with Crippen molar-refractivity contribution in [3.05, 3.63) is 51.0 Å². The average molecular weight is 347 g/mol. The third-order valence-electron chi connectivity index (χ3n) is 3.81. The first kappa shape index (κ1) is 16.5. The molecule has 3 aromatic rings. The van der Waals surface area contributed by atoms with Gasteiger partial charge in [-0.1, -0.05) is 17.7 Å². The summed E-state index contributed by atoms with van der Waals surface area (Å²) < 4.78 is 1.59. The molecule has 24 heavy (non-hydrogen) atoms. The molecule has 0 amide bonds. The van der Waals surface area contributed by atoms with Gasteiger partial charge in [-0.05, 0) is 43.1 Å². The summed E-state index contributed by atoms with van der Waals surface area (Å²) in [4.78, 5) is 23.7. The summed E-state index contributed by atoms with van der Waals surface area (Å²) in [6.07, 6.45) is 2.43. The maximum Gasteiger partial charge on any atom is 0.328 e. The Morgan fingerprint density at radius 3 is 3.04 bits per heavy atom. The van der Waals surface area contributed by atoms with Crippen molar-refractivity contribution >= 4 is 28.7 Å². The number of rotatable bonds is 6. The highest BCUT2D eigenvalue weighted by Crippen LogP contribution is 2.18. The number of imidazole rings is 1. The van der Waals surface area contributed by atoms with Gasteiger partial charge < -0.3 is 16.0 Å². The number of aromatic nitrogens is 4. The van der Waals surface area contributed by atoms with Crippen molar-refractivity contribution in [3.63, 3.8) is 0 Å². The van der Waals surface area contributed by atoms with Crippen molar-refractivity contribution < 1.29 is 0 Å². The first-order valence-electron chi connectivity index (χ1n) is 7.73. The normalized spacial score (nSPS) is 11.1.